The van der Waals surface area contributed by atoms with Crippen molar-refractivity contribution in [3.63, 3.8) is 0 Å². The normalized spacial score (nSPS) is 11.1. The molecule has 1 amide bonds. The molecule has 3 rings (SSSR count). The Morgan fingerprint density at radius 3 is 2.54 bits per heavy atom. The number of aryl methyl sites for hydroxylation is 2. The molecule has 1 N–H and O–H groups in total. The smallest absolute Gasteiger partial charge is 0.416 e. The highest BCUT2D eigenvalue weighted by atomic mass is 19.4. The molecule has 2 aromatic carbocycles. The van der Waals surface area contributed by atoms with Crippen LogP contribution in [-0.2, 0) is 17.5 Å². The number of aromatic nitrogens is 2. The minimum absolute atomic E-state index is 0.0327. The van der Waals surface area contributed by atoms with Gasteiger partial charge in [-0.25, -0.2) is 4.68 Å². The van der Waals surface area contributed by atoms with Gasteiger partial charge in [0.05, 0.1) is 42.3 Å². The molecule has 10 heteroatoms. The molecule has 0 atom stereocenters. The van der Waals surface area contributed by atoms with E-state index in [9.17, 15) is 18.0 Å². The van der Waals surface area contributed by atoms with Crippen LogP contribution in [0.1, 0.15) is 40.9 Å². The number of methoxy groups -OCH3 is 1. The van der Waals surface area contributed by atoms with E-state index in [2.05, 4.69) is 10.4 Å². The Bertz CT molecular complexity index is 1250. The van der Waals surface area contributed by atoms with Crippen LogP contribution in [0.15, 0.2) is 42.5 Å². The maximum atomic E-state index is 13.7. The topological polar surface area (TPSA) is 89.2 Å². The van der Waals surface area contributed by atoms with Gasteiger partial charge in [-0.1, -0.05) is 6.07 Å². The molecule has 0 fully saturated rings. The van der Waals surface area contributed by atoms with Gasteiger partial charge >= 0.3 is 6.18 Å². The lowest BCUT2D eigenvalue weighted by Gasteiger charge is -2.16. The third-order valence-corrected chi connectivity index (χ3v) is 5.23. The SMILES string of the molecule is COc1cc(C#N)ccc1OCCCC(=O)NCc1ccc(-n2nc(C)cc2C)cc1C(F)(F)F. The first-order chi connectivity index (χ1) is 16.6. The predicted octanol–water partition coefficient (Wildman–Crippen LogP) is 4.86. The molecule has 184 valence electrons. The summed E-state index contributed by atoms with van der Waals surface area (Å²) in [5.74, 6) is 0.442. The van der Waals surface area contributed by atoms with Crippen LogP contribution in [0.3, 0.4) is 0 Å². The Kier molecular flexibility index (Phi) is 8.02. The molecule has 0 unspecified atom stereocenters. The van der Waals surface area contributed by atoms with Crippen molar-refractivity contribution in [3.05, 3.63) is 70.5 Å². The third-order valence-electron chi connectivity index (χ3n) is 5.23. The van der Waals surface area contributed by atoms with Gasteiger partial charge in [-0.05, 0) is 56.2 Å². The van der Waals surface area contributed by atoms with Gasteiger partial charge in [-0.2, -0.15) is 23.5 Å². The molecular formula is C25H25F3N4O3. The van der Waals surface area contributed by atoms with Crippen molar-refractivity contribution in [2.45, 2.75) is 39.4 Å². The average molecular weight is 486 g/mol. The fraction of sp³-hybridized carbons (Fsp3) is 0.320. The molecule has 0 saturated heterocycles. The zero-order chi connectivity index (χ0) is 25.6. The van der Waals surface area contributed by atoms with Gasteiger partial charge in [-0.3, -0.25) is 4.79 Å². The van der Waals surface area contributed by atoms with E-state index in [1.165, 1.54) is 17.9 Å². The van der Waals surface area contributed by atoms with Crippen molar-refractivity contribution < 1.29 is 27.4 Å². The number of hydrogen-bond acceptors (Lipinski definition) is 5. The molecule has 0 saturated carbocycles. The maximum absolute atomic E-state index is 13.7. The molecule has 0 bridgehead atoms. The van der Waals surface area contributed by atoms with Crippen LogP contribution in [0.25, 0.3) is 5.69 Å². The summed E-state index contributed by atoms with van der Waals surface area (Å²) in [6.07, 6.45) is -4.16. The van der Waals surface area contributed by atoms with E-state index in [1.54, 1.807) is 44.2 Å². The minimum Gasteiger partial charge on any atom is -0.493 e. The largest absolute Gasteiger partial charge is 0.493 e. The summed E-state index contributed by atoms with van der Waals surface area (Å²) in [6, 6.07) is 12.5. The molecule has 0 spiro atoms. The van der Waals surface area contributed by atoms with Gasteiger partial charge in [0.25, 0.3) is 0 Å². The van der Waals surface area contributed by atoms with Gasteiger partial charge in [0.15, 0.2) is 11.5 Å². The Hall–Kier alpha value is -4.00. The molecule has 0 aliphatic carbocycles. The highest BCUT2D eigenvalue weighted by molar-refractivity contribution is 5.75. The summed E-state index contributed by atoms with van der Waals surface area (Å²) in [6.45, 7) is 3.47. The Morgan fingerprint density at radius 1 is 1.14 bits per heavy atom. The van der Waals surface area contributed by atoms with E-state index in [0.717, 1.165) is 11.8 Å². The van der Waals surface area contributed by atoms with E-state index in [4.69, 9.17) is 14.7 Å². The van der Waals surface area contributed by atoms with E-state index in [1.807, 2.05) is 6.07 Å². The number of carbonyl (C=O) groups is 1. The lowest BCUT2D eigenvalue weighted by atomic mass is 10.1. The van der Waals surface area contributed by atoms with E-state index >= 15 is 0 Å². The second kappa shape index (κ2) is 11.0. The zero-order valence-electron chi connectivity index (χ0n) is 19.6. The first kappa shape index (κ1) is 25.6. The maximum Gasteiger partial charge on any atom is 0.416 e. The third kappa shape index (κ3) is 6.53. The van der Waals surface area contributed by atoms with Gasteiger partial charge in [0.1, 0.15) is 0 Å². The molecule has 0 aliphatic heterocycles. The Morgan fingerprint density at radius 2 is 1.91 bits per heavy atom. The van der Waals surface area contributed by atoms with Crippen molar-refractivity contribution >= 4 is 5.91 Å². The van der Waals surface area contributed by atoms with Crippen LogP contribution in [0, 0.1) is 25.2 Å². The predicted molar refractivity (Wildman–Crippen MR) is 122 cm³/mol. The second-order valence-electron chi connectivity index (χ2n) is 7.88. The lowest BCUT2D eigenvalue weighted by Crippen LogP contribution is -2.25. The first-order valence-corrected chi connectivity index (χ1v) is 10.8. The molecule has 35 heavy (non-hydrogen) atoms. The fourth-order valence-corrected chi connectivity index (χ4v) is 3.56. The molecule has 0 radical (unpaired) electrons. The van der Waals surface area contributed by atoms with Crippen molar-refractivity contribution in [1.29, 1.82) is 5.26 Å². The lowest BCUT2D eigenvalue weighted by molar-refractivity contribution is -0.138. The summed E-state index contributed by atoms with van der Waals surface area (Å²) in [5.41, 5.74) is 1.29. The van der Waals surface area contributed by atoms with Gasteiger partial charge in [-0.15, -0.1) is 0 Å². The summed E-state index contributed by atoms with van der Waals surface area (Å²) >= 11 is 0. The molecular weight excluding hydrogens is 461 g/mol. The number of rotatable bonds is 9. The number of carbonyl (C=O) groups excluding carboxylic acids is 1. The van der Waals surface area contributed by atoms with E-state index in [-0.39, 0.29) is 25.1 Å². The number of benzene rings is 2. The summed E-state index contributed by atoms with van der Waals surface area (Å²) in [7, 11) is 1.45. The zero-order valence-corrected chi connectivity index (χ0v) is 19.6. The van der Waals surface area contributed by atoms with Crippen molar-refractivity contribution in [3.8, 4) is 23.3 Å². The highest BCUT2D eigenvalue weighted by Crippen LogP contribution is 2.34. The number of alkyl halides is 3. The van der Waals surface area contributed by atoms with Gasteiger partial charge in [0.2, 0.25) is 5.91 Å². The van der Waals surface area contributed by atoms with Gasteiger partial charge < -0.3 is 14.8 Å². The molecule has 1 aromatic heterocycles. The van der Waals surface area contributed by atoms with Crippen LogP contribution >= 0.6 is 0 Å². The van der Waals surface area contributed by atoms with Gasteiger partial charge in [0, 0.05) is 24.7 Å². The summed E-state index contributed by atoms with van der Waals surface area (Å²) < 4.78 is 53.4. The second-order valence-corrected chi connectivity index (χ2v) is 7.88. The van der Waals surface area contributed by atoms with Crippen LogP contribution < -0.4 is 14.8 Å². The van der Waals surface area contributed by atoms with E-state index in [0.29, 0.717) is 34.9 Å². The van der Waals surface area contributed by atoms with Crippen LogP contribution in [0.5, 0.6) is 11.5 Å². The summed E-state index contributed by atoms with van der Waals surface area (Å²) in [4.78, 5) is 12.2. The van der Waals surface area contributed by atoms with Crippen molar-refractivity contribution in [2.24, 2.45) is 0 Å². The quantitative estimate of drug-likeness (QED) is 0.436. The molecule has 7 nitrogen and oxygen atoms in total. The molecule has 3 aromatic rings. The van der Waals surface area contributed by atoms with Crippen LogP contribution in [0.2, 0.25) is 0 Å². The molecule has 1 heterocycles. The first-order valence-electron chi connectivity index (χ1n) is 10.8. The molecule has 0 aliphatic rings. The van der Waals surface area contributed by atoms with Crippen molar-refractivity contribution in [1.82, 2.24) is 15.1 Å². The van der Waals surface area contributed by atoms with E-state index < -0.39 is 17.6 Å². The summed E-state index contributed by atoms with van der Waals surface area (Å²) in [5, 5.41) is 15.7. The van der Waals surface area contributed by atoms with Crippen LogP contribution in [-0.4, -0.2) is 29.4 Å². The monoisotopic (exact) mass is 486 g/mol. The number of amides is 1. The van der Waals surface area contributed by atoms with Crippen LogP contribution in [0.4, 0.5) is 13.2 Å². The number of nitrogens with one attached hydrogen (secondary N) is 1. The van der Waals surface area contributed by atoms with Crippen molar-refractivity contribution in [2.75, 3.05) is 13.7 Å². The number of ether oxygens (including phenoxy) is 2. The minimum atomic E-state index is -4.58. The Labute approximate surface area is 201 Å². The number of hydrogen-bond donors (Lipinski definition) is 1. The number of halogens is 3. The standard InChI is InChI=1S/C25H25F3N4O3/c1-16-11-17(2)32(31-16)20-8-7-19(21(13-20)25(26,27)28)15-30-24(33)5-4-10-35-22-9-6-18(14-29)12-23(22)34-3/h6-9,11-13H,4-5,10,15H2,1-3H3,(H,30,33). The number of nitrogens with zero attached hydrogens (tertiary/aromatic N) is 3. The average Bonchev–Trinajstić information content (AvgIpc) is 3.17. The Balaban J connectivity index is 1.57. The highest BCUT2D eigenvalue weighted by Gasteiger charge is 2.34. The fourth-order valence-electron chi connectivity index (χ4n) is 3.56. The number of nitriles is 1.